The van der Waals surface area contributed by atoms with Crippen molar-refractivity contribution in [2.24, 2.45) is 5.92 Å². The highest BCUT2D eigenvalue weighted by molar-refractivity contribution is 5.98. The van der Waals surface area contributed by atoms with Crippen molar-refractivity contribution >= 4 is 17.8 Å². The lowest BCUT2D eigenvalue weighted by molar-refractivity contribution is -0.141. The van der Waals surface area contributed by atoms with Crippen LogP contribution in [0.15, 0.2) is 24.3 Å². The second-order valence-electron chi connectivity index (χ2n) is 6.22. The Hall–Kier alpha value is -2.37. The summed E-state index contributed by atoms with van der Waals surface area (Å²) in [5.74, 6) is -1.59. The predicted octanol–water partition coefficient (Wildman–Crippen LogP) is 1.81. The zero-order valence-electron chi connectivity index (χ0n) is 13.3. The lowest BCUT2D eigenvalue weighted by Gasteiger charge is -2.13. The van der Waals surface area contributed by atoms with Gasteiger partial charge in [-0.2, -0.15) is 0 Å². The maximum absolute atomic E-state index is 12.2. The molecule has 1 aromatic carbocycles. The number of carbonyl (C=O) groups is 3. The fourth-order valence-corrected chi connectivity index (χ4v) is 2.72. The Morgan fingerprint density at radius 2 is 1.61 bits per heavy atom. The molecule has 6 nitrogen and oxygen atoms in total. The summed E-state index contributed by atoms with van der Waals surface area (Å²) in [6, 6.07) is 6.38. The molecule has 23 heavy (non-hydrogen) atoms. The van der Waals surface area contributed by atoms with Gasteiger partial charge in [-0.15, -0.1) is 0 Å². The van der Waals surface area contributed by atoms with E-state index in [9.17, 15) is 14.4 Å². The van der Waals surface area contributed by atoms with Crippen molar-refractivity contribution in [3.63, 3.8) is 0 Å². The smallest absolute Gasteiger partial charge is 0.306 e. The van der Waals surface area contributed by atoms with Crippen molar-refractivity contribution in [1.82, 2.24) is 10.6 Å². The maximum Gasteiger partial charge on any atom is 0.306 e. The van der Waals surface area contributed by atoms with Gasteiger partial charge in [0.05, 0.1) is 5.92 Å². The molecule has 2 rings (SSSR count). The minimum absolute atomic E-state index is 0.0509. The molecule has 3 N–H and O–H groups in total. The molecule has 1 aliphatic carbocycles. The second kappa shape index (κ2) is 7.26. The molecule has 6 heteroatoms. The number of carbonyl (C=O) groups excluding carboxylic acids is 2. The van der Waals surface area contributed by atoms with E-state index in [0.717, 1.165) is 0 Å². The maximum atomic E-state index is 12.2. The molecule has 0 radical (unpaired) electrons. The van der Waals surface area contributed by atoms with Crippen LogP contribution in [0.4, 0.5) is 0 Å². The van der Waals surface area contributed by atoms with Gasteiger partial charge in [-0.25, -0.2) is 0 Å². The van der Waals surface area contributed by atoms with Crippen LogP contribution in [0.5, 0.6) is 0 Å². The van der Waals surface area contributed by atoms with Crippen molar-refractivity contribution in [3.8, 4) is 0 Å². The van der Waals surface area contributed by atoms with E-state index in [-0.39, 0.29) is 29.8 Å². The van der Waals surface area contributed by atoms with Crippen LogP contribution in [0, 0.1) is 5.92 Å². The first-order valence-electron chi connectivity index (χ1n) is 7.81. The molecule has 2 atom stereocenters. The number of hydrogen-bond acceptors (Lipinski definition) is 3. The lowest BCUT2D eigenvalue weighted by atomic mass is 10.1. The Morgan fingerprint density at radius 3 is 2.09 bits per heavy atom. The molecule has 1 fully saturated rings. The Kier molecular flexibility index (Phi) is 5.36. The summed E-state index contributed by atoms with van der Waals surface area (Å²) in [6.45, 7) is 3.76. The lowest BCUT2D eigenvalue weighted by Crippen LogP contribution is -2.33. The molecule has 1 aromatic rings. The monoisotopic (exact) mass is 318 g/mol. The van der Waals surface area contributed by atoms with Crippen LogP contribution in [0.3, 0.4) is 0 Å². The number of carboxylic acids is 1. The van der Waals surface area contributed by atoms with Gasteiger partial charge in [0.1, 0.15) is 0 Å². The van der Waals surface area contributed by atoms with Gasteiger partial charge in [0.25, 0.3) is 11.8 Å². The normalized spacial score (nSPS) is 20.3. The number of hydrogen-bond donors (Lipinski definition) is 3. The highest BCUT2D eigenvalue weighted by Gasteiger charge is 2.30. The second-order valence-corrected chi connectivity index (χ2v) is 6.22. The van der Waals surface area contributed by atoms with Crippen LogP contribution < -0.4 is 10.6 Å². The summed E-state index contributed by atoms with van der Waals surface area (Å²) in [5, 5.41) is 14.6. The van der Waals surface area contributed by atoms with Crippen molar-refractivity contribution < 1.29 is 19.5 Å². The number of amides is 2. The third-order valence-corrected chi connectivity index (χ3v) is 3.95. The molecule has 0 bridgehead atoms. The zero-order chi connectivity index (χ0) is 17.0. The van der Waals surface area contributed by atoms with Crippen LogP contribution in [0.1, 0.15) is 53.8 Å². The van der Waals surface area contributed by atoms with Crippen molar-refractivity contribution in [3.05, 3.63) is 35.4 Å². The number of carboxylic acid groups (broad SMARTS) is 1. The van der Waals surface area contributed by atoms with Crippen molar-refractivity contribution in [1.29, 1.82) is 0 Å². The average molecular weight is 318 g/mol. The van der Waals surface area contributed by atoms with Crippen molar-refractivity contribution in [2.75, 3.05) is 0 Å². The van der Waals surface area contributed by atoms with E-state index in [1.807, 2.05) is 13.8 Å². The highest BCUT2D eigenvalue weighted by Crippen LogP contribution is 2.25. The van der Waals surface area contributed by atoms with E-state index < -0.39 is 5.97 Å². The van der Waals surface area contributed by atoms with Crippen LogP contribution in [-0.4, -0.2) is 35.0 Å². The summed E-state index contributed by atoms with van der Waals surface area (Å²) in [4.78, 5) is 35.0. The predicted molar refractivity (Wildman–Crippen MR) is 85.3 cm³/mol. The molecule has 2 amide bonds. The van der Waals surface area contributed by atoms with E-state index in [0.29, 0.717) is 30.4 Å². The first kappa shape index (κ1) is 17.0. The third-order valence-electron chi connectivity index (χ3n) is 3.95. The minimum Gasteiger partial charge on any atom is -0.481 e. The van der Waals surface area contributed by atoms with Gasteiger partial charge >= 0.3 is 5.97 Å². The van der Waals surface area contributed by atoms with Crippen LogP contribution >= 0.6 is 0 Å². The van der Waals surface area contributed by atoms with Gasteiger partial charge in [-0.1, -0.05) is 0 Å². The Bertz CT molecular complexity index is 595. The van der Waals surface area contributed by atoms with Crippen LogP contribution in [0.25, 0.3) is 0 Å². The number of aliphatic carboxylic acids is 1. The number of benzene rings is 1. The molecular weight excluding hydrogens is 296 g/mol. The van der Waals surface area contributed by atoms with E-state index in [1.54, 1.807) is 24.3 Å². The molecule has 0 spiro atoms. The quantitative estimate of drug-likeness (QED) is 0.771. The molecular formula is C17H22N2O4. The largest absolute Gasteiger partial charge is 0.481 e. The Labute approximate surface area is 135 Å². The van der Waals surface area contributed by atoms with Gasteiger partial charge < -0.3 is 15.7 Å². The molecule has 0 unspecified atom stereocenters. The van der Waals surface area contributed by atoms with Gasteiger partial charge in [0, 0.05) is 23.2 Å². The summed E-state index contributed by atoms with van der Waals surface area (Å²) in [5.41, 5.74) is 0.965. The number of rotatable bonds is 5. The highest BCUT2D eigenvalue weighted by atomic mass is 16.4. The summed E-state index contributed by atoms with van der Waals surface area (Å²) in [6.07, 6.45) is 1.74. The molecule has 1 aliphatic rings. The topological polar surface area (TPSA) is 95.5 Å². The van der Waals surface area contributed by atoms with Gasteiger partial charge in [0.2, 0.25) is 0 Å². The van der Waals surface area contributed by atoms with E-state index in [2.05, 4.69) is 10.6 Å². The fourth-order valence-electron chi connectivity index (χ4n) is 2.72. The third kappa shape index (κ3) is 4.55. The van der Waals surface area contributed by atoms with Gasteiger partial charge in [0.15, 0.2) is 0 Å². The summed E-state index contributed by atoms with van der Waals surface area (Å²) in [7, 11) is 0. The van der Waals surface area contributed by atoms with Crippen LogP contribution in [-0.2, 0) is 4.79 Å². The van der Waals surface area contributed by atoms with E-state index in [1.165, 1.54) is 0 Å². The van der Waals surface area contributed by atoms with Gasteiger partial charge in [-0.3, -0.25) is 14.4 Å². The SMILES string of the molecule is CC(C)NC(=O)c1ccc(C(=O)N[C@H]2CC[C@@H](C(=O)O)C2)cc1. The zero-order valence-corrected chi connectivity index (χ0v) is 13.3. The number of nitrogens with one attached hydrogen (secondary N) is 2. The molecule has 124 valence electrons. The molecule has 1 saturated carbocycles. The minimum atomic E-state index is -0.803. The Balaban J connectivity index is 1.93. The van der Waals surface area contributed by atoms with E-state index in [4.69, 9.17) is 5.11 Å². The fraction of sp³-hybridized carbons (Fsp3) is 0.471. The average Bonchev–Trinajstić information content (AvgIpc) is 2.95. The Morgan fingerprint density at radius 1 is 1.04 bits per heavy atom. The molecule has 0 saturated heterocycles. The summed E-state index contributed by atoms with van der Waals surface area (Å²) < 4.78 is 0. The standard InChI is InChI=1S/C17H22N2O4/c1-10(2)18-15(20)11-3-5-12(6-4-11)16(21)19-14-8-7-13(9-14)17(22)23/h3-6,10,13-14H,7-9H2,1-2H3,(H,18,20)(H,19,21)(H,22,23)/t13-,14+/m1/s1. The molecule has 0 aromatic heterocycles. The molecule has 0 heterocycles. The van der Waals surface area contributed by atoms with Crippen LogP contribution in [0.2, 0.25) is 0 Å². The van der Waals surface area contributed by atoms with Gasteiger partial charge in [-0.05, 0) is 57.4 Å². The summed E-state index contributed by atoms with van der Waals surface area (Å²) >= 11 is 0. The first-order chi connectivity index (χ1) is 10.9. The first-order valence-corrected chi connectivity index (χ1v) is 7.81. The van der Waals surface area contributed by atoms with E-state index >= 15 is 0 Å². The molecule has 0 aliphatic heterocycles. The van der Waals surface area contributed by atoms with Crippen molar-refractivity contribution in [2.45, 2.75) is 45.2 Å².